The number of carbonyl (C=O) groups excluding carboxylic acids is 1. The highest BCUT2D eigenvalue weighted by Gasteiger charge is 2.28. The molecule has 8 nitrogen and oxygen atoms in total. The van der Waals surface area contributed by atoms with Crippen LogP contribution in [0.3, 0.4) is 0 Å². The summed E-state index contributed by atoms with van der Waals surface area (Å²) in [6.07, 6.45) is 3.97. The molecule has 0 saturated carbocycles. The van der Waals surface area contributed by atoms with E-state index in [1.807, 2.05) is 0 Å². The van der Waals surface area contributed by atoms with Crippen molar-refractivity contribution in [3.8, 4) is 16.9 Å². The quantitative estimate of drug-likeness (QED) is 0.770. The third-order valence-electron chi connectivity index (χ3n) is 4.80. The molecule has 3 rings (SSSR count). The molecule has 0 aliphatic carbocycles. The van der Waals surface area contributed by atoms with Gasteiger partial charge in [0.2, 0.25) is 15.9 Å². The van der Waals surface area contributed by atoms with E-state index in [1.165, 1.54) is 24.4 Å². The van der Waals surface area contributed by atoms with Crippen LogP contribution in [0.2, 0.25) is 0 Å². The molecule has 0 atom stereocenters. The van der Waals surface area contributed by atoms with E-state index in [-0.39, 0.29) is 17.3 Å². The van der Waals surface area contributed by atoms with Crippen LogP contribution in [0.25, 0.3) is 11.1 Å². The van der Waals surface area contributed by atoms with Crippen LogP contribution in [0.15, 0.2) is 35.5 Å². The number of hydrogen-bond acceptors (Lipinski definition) is 6. The highest BCUT2D eigenvalue weighted by molar-refractivity contribution is 7.89. The van der Waals surface area contributed by atoms with Gasteiger partial charge in [0.1, 0.15) is 11.6 Å². The zero-order chi connectivity index (χ0) is 20.3. The second-order valence-corrected chi connectivity index (χ2v) is 8.58. The van der Waals surface area contributed by atoms with E-state index in [0.29, 0.717) is 37.6 Å². The Morgan fingerprint density at radius 1 is 1.11 bits per heavy atom. The molecule has 0 bridgehead atoms. The SMILES string of the molecule is COc1cc(S(=O)(=O)N2CCCN(C(C)=O)CC2)ccc1-c1cnc(C)nc1. The second kappa shape index (κ2) is 8.24. The first-order valence-electron chi connectivity index (χ1n) is 9.05. The second-order valence-electron chi connectivity index (χ2n) is 6.64. The molecule has 1 fully saturated rings. The Bertz CT molecular complexity index is 960. The predicted octanol–water partition coefficient (Wildman–Crippen LogP) is 1.70. The van der Waals surface area contributed by atoms with Crippen LogP contribution in [0.1, 0.15) is 19.2 Å². The van der Waals surface area contributed by atoms with Gasteiger partial charge in [0, 0.05) is 62.7 Å². The van der Waals surface area contributed by atoms with Crippen molar-refractivity contribution in [2.24, 2.45) is 0 Å². The highest BCUT2D eigenvalue weighted by atomic mass is 32.2. The number of benzene rings is 1. The van der Waals surface area contributed by atoms with E-state index < -0.39 is 10.0 Å². The average molecular weight is 404 g/mol. The molecule has 0 spiro atoms. The Morgan fingerprint density at radius 3 is 2.46 bits per heavy atom. The molecular weight excluding hydrogens is 380 g/mol. The molecular formula is C19H24N4O4S. The van der Waals surface area contributed by atoms with Gasteiger partial charge in [-0.1, -0.05) is 0 Å². The number of carbonyl (C=O) groups is 1. The van der Waals surface area contributed by atoms with Gasteiger partial charge in [-0.25, -0.2) is 18.4 Å². The summed E-state index contributed by atoms with van der Waals surface area (Å²) in [5, 5.41) is 0. The molecule has 2 heterocycles. The van der Waals surface area contributed by atoms with E-state index in [2.05, 4.69) is 9.97 Å². The van der Waals surface area contributed by atoms with Crippen molar-refractivity contribution in [1.82, 2.24) is 19.2 Å². The molecule has 1 aliphatic rings. The molecule has 1 aromatic heterocycles. The van der Waals surface area contributed by atoms with Crippen molar-refractivity contribution >= 4 is 15.9 Å². The smallest absolute Gasteiger partial charge is 0.243 e. The van der Waals surface area contributed by atoms with Crippen LogP contribution in [-0.4, -0.2) is 66.8 Å². The van der Waals surface area contributed by atoms with Gasteiger partial charge in [-0.05, 0) is 25.5 Å². The average Bonchev–Trinajstić information content (AvgIpc) is 2.95. The Hall–Kier alpha value is -2.52. The van der Waals surface area contributed by atoms with Crippen LogP contribution in [0.4, 0.5) is 0 Å². The monoisotopic (exact) mass is 404 g/mol. The van der Waals surface area contributed by atoms with E-state index in [4.69, 9.17) is 4.74 Å². The lowest BCUT2D eigenvalue weighted by Crippen LogP contribution is -2.36. The van der Waals surface area contributed by atoms with Gasteiger partial charge < -0.3 is 9.64 Å². The molecule has 0 unspecified atom stereocenters. The lowest BCUT2D eigenvalue weighted by atomic mass is 10.1. The molecule has 28 heavy (non-hydrogen) atoms. The molecule has 0 N–H and O–H groups in total. The Balaban J connectivity index is 1.90. The van der Waals surface area contributed by atoms with Gasteiger partial charge in [0.25, 0.3) is 0 Å². The van der Waals surface area contributed by atoms with Crippen LogP contribution < -0.4 is 4.74 Å². The van der Waals surface area contributed by atoms with E-state index in [1.54, 1.807) is 36.4 Å². The fourth-order valence-electron chi connectivity index (χ4n) is 3.20. The van der Waals surface area contributed by atoms with Crippen molar-refractivity contribution < 1.29 is 17.9 Å². The van der Waals surface area contributed by atoms with Gasteiger partial charge in [-0.3, -0.25) is 4.79 Å². The molecule has 150 valence electrons. The minimum absolute atomic E-state index is 0.0365. The number of amides is 1. The topological polar surface area (TPSA) is 92.7 Å². The number of methoxy groups -OCH3 is 1. The molecule has 0 radical (unpaired) electrons. The lowest BCUT2D eigenvalue weighted by molar-refractivity contribution is -0.128. The van der Waals surface area contributed by atoms with Crippen LogP contribution in [-0.2, 0) is 14.8 Å². The fourth-order valence-corrected chi connectivity index (χ4v) is 4.69. The number of nitrogens with zero attached hydrogens (tertiary/aromatic N) is 4. The summed E-state index contributed by atoms with van der Waals surface area (Å²) < 4.78 is 33.1. The van der Waals surface area contributed by atoms with Gasteiger partial charge in [-0.2, -0.15) is 4.31 Å². The number of rotatable bonds is 4. The van der Waals surface area contributed by atoms with Crippen molar-refractivity contribution in [2.75, 3.05) is 33.3 Å². The molecule has 1 aromatic carbocycles. The van der Waals surface area contributed by atoms with Crippen molar-refractivity contribution in [2.45, 2.75) is 25.2 Å². The summed E-state index contributed by atoms with van der Waals surface area (Å²) in [6, 6.07) is 4.80. The summed E-state index contributed by atoms with van der Waals surface area (Å²) in [5.41, 5.74) is 1.47. The first-order valence-corrected chi connectivity index (χ1v) is 10.5. The Labute approximate surface area is 165 Å². The molecule has 9 heteroatoms. The van der Waals surface area contributed by atoms with Crippen LogP contribution in [0, 0.1) is 6.92 Å². The summed E-state index contributed by atoms with van der Waals surface area (Å²) in [7, 11) is -2.19. The van der Waals surface area contributed by atoms with Crippen molar-refractivity contribution in [1.29, 1.82) is 0 Å². The summed E-state index contributed by atoms with van der Waals surface area (Å²) in [5.74, 6) is 1.06. The number of sulfonamides is 1. The van der Waals surface area contributed by atoms with E-state index in [9.17, 15) is 13.2 Å². The molecule has 2 aromatic rings. The number of ether oxygens (including phenoxy) is 1. The minimum atomic E-state index is -3.69. The van der Waals surface area contributed by atoms with Gasteiger partial charge >= 0.3 is 0 Å². The first kappa shape index (κ1) is 20.2. The zero-order valence-corrected chi connectivity index (χ0v) is 17.1. The largest absolute Gasteiger partial charge is 0.496 e. The van der Waals surface area contributed by atoms with Crippen molar-refractivity contribution in [3.63, 3.8) is 0 Å². The van der Waals surface area contributed by atoms with Crippen molar-refractivity contribution in [3.05, 3.63) is 36.4 Å². The third-order valence-corrected chi connectivity index (χ3v) is 6.70. The molecule has 1 saturated heterocycles. The first-order chi connectivity index (χ1) is 13.3. The normalized spacial score (nSPS) is 15.9. The van der Waals surface area contributed by atoms with Gasteiger partial charge in [0.15, 0.2) is 0 Å². The Kier molecular flexibility index (Phi) is 5.95. The fraction of sp³-hybridized carbons (Fsp3) is 0.421. The predicted molar refractivity (Wildman–Crippen MR) is 104 cm³/mol. The van der Waals surface area contributed by atoms with Crippen LogP contribution >= 0.6 is 0 Å². The maximum Gasteiger partial charge on any atom is 0.243 e. The molecule has 1 amide bonds. The van der Waals surface area contributed by atoms with E-state index in [0.717, 1.165) is 11.1 Å². The summed E-state index contributed by atoms with van der Waals surface area (Å²) in [6.45, 7) is 4.91. The number of aryl methyl sites for hydroxylation is 1. The van der Waals surface area contributed by atoms with E-state index >= 15 is 0 Å². The highest BCUT2D eigenvalue weighted by Crippen LogP contribution is 2.32. The minimum Gasteiger partial charge on any atom is -0.496 e. The van der Waals surface area contributed by atoms with Gasteiger partial charge in [-0.15, -0.1) is 0 Å². The maximum absolute atomic E-state index is 13.1. The lowest BCUT2D eigenvalue weighted by Gasteiger charge is -2.21. The summed E-state index contributed by atoms with van der Waals surface area (Å²) >= 11 is 0. The zero-order valence-electron chi connectivity index (χ0n) is 16.3. The van der Waals surface area contributed by atoms with Crippen LogP contribution in [0.5, 0.6) is 5.75 Å². The van der Waals surface area contributed by atoms with Gasteiger partial charge in [0.05, 0.1) is 12.0 Å². The molecule has 1 aliphatic heterocycles. The summed E-state index contributed by atoms with van der Waals surface area (Å²) in [4.78, 5) is 21.8. The third kappa shape index (κ3) is 4.15. The number of aromatic nitrogens is 2. The number of hydrogen-bond donors (Lipinski definition) is 0. The Morgan fingerprint density at radius 2 is 1.82 bits per heavy atom. The maximum atomic E-state index is 13.1. The standard InChI is InChI=1S/C19H24N4O4S/c1-14-20-12-16(13-21-14)18-6-5-17(11-19(18)27-3)28(25,26)23-8-4-7-22(9-10-23)15(2)24/h5-6,11-13H,4,7-10H2,1-3H3.